The lowest BCUT2D eigenvalue weighted by Crippen LogP contribution is -2.32. The largest absolute Gasteiger partial charge is 0.385 e. The number of hydrogen-bond donors (Lipinski definition) is 1. The van der Waals surface area contributed by atoms with Gasteiger partial charge in [0, 0.05) is 11.1 Å². The fourth-order valence-corrected chi connectivity index (χ4v) is 2.22. The summed E-state index contributed by atoms with van der Waals surface area (Å²) in [5, 5.41) is 10.4. The van der Waals surface area contributed by atoms with E-state index in [1.54, 1.807) is 0 Å². The Morgan fingerprint density at radius 1 is 1.12 bits per heavy atom. The Labute approximate surface area is 103 Å². The van der Waals surface area contributed by atoms with Gasteiger partial charge < -0.3 is 5.11 Å². The van der Waals surface area contributed by atoms with Gasteiger partial charge in [-0.15, -0.1) is 0 Å². The summed E-state index contributed by atoms with van der Waals surface area (Å²) in [5.74, 6) is 6.07. The summed E-state index contributed by atoms with van der Waals surface area (Å²) in [6.07, 6.45) is 4.96. The average Bonchev–Trinajstić information content (AvgIpc) is 2.38. The predicted molar refractivity (Wildman–Crippen MR) is 70.5 cm³/mol. The van der Waals surface area contributed by atoms with Crippen molar-refractivity contribution in [3.8, 4) is 11.8 Å². The molecule has 1 saturated carbocycles. The van der Waals surface area contributed by atoms with Crippen molar-refractivity contribution in [3.05, 3.63) is 48.0 Å². The van der Waals surface area contributed by atoms with E-state index in [1.165, 1.54) is 6.42 Å². The lowest BCUT2D eigenvalue weighted by molar-refractivity contribution is 0.0444. The van der Waals surface area contributed by atoms with Gasteiger partial charge in [0.25, 0.3) is 0 Å². The smallest absolute Gasteiger partial charge is 0.0968 e. The first kappa shape index (κ1) is 12.0. The topological polar surface area (TPSA) is 20.2 Å². The van der Waals surface area contributed by atoms with Crippen LogP contribution in [0.3, 0.4) is 0 Å². The molecular weight excluding hydrogens is 208 g/mol. The molecule has 0 amide bonds. The molecule has 0 saturated heterocycles. The highest BCUT2D eigenvalue weighted by Gasteiger charge is 2.31. The molecule has 0 unspecified atom stereocenters. The van der Waals surface area contributed by atoms with Crippen molar-refractivity contribution >= 4 is 0 Å². The third-order valence-electron chi connectivity index (χ3n) is 3.37. The van der Waals surface area contributed by atoms with Gasteiger partial charge in [-0.1, -0.05) is 55.9 Å². The van der Waals surface area contributed by atoms with Crippen LogP contribution in [0.5, 0.6) is 0 Å². The lowest BCUT2D eigenvalue weighted by Gasteiger charge is -2.31. The molecule has 0 bridgehead atoms. The Morgan fingerprint density at radius 3 is 2.41 bits per heavy atom. The van der Waals surface area contributed by atoms with Gasteiger partial charge in [-0.2, -0.15) is 0 Å². The first-order chi connectivity index (χ1) is 8.21. The van der Waals surface area contributed by atoms with Gasteiger partial charge in [0.2, 0.25) is 0 Å². The summed E-state index contributed by atoms with van der Waals surface area (Å²) >= 11 is 0. The number of hydrogen-bond acceptors (Lipinski definition) is 1. The minimum absolute atomic E-state index is 0.668. The Hall–Kier alpha value is -1.52. The molecule has 1 heteroatoms. The summed E-state index contributed by atoms with van der Waals surface area (Å²) in [4.78, 5) is 0. The summed E-state index contributed by atoms with van der Waals surface area (Å²) in [5.41, 5.74) is 0.883. The Balaban J connectivity index is 2.09. The van der Waals surface area contributed by atoms with Crippen LogP contribution >= 0.6 is 0 Å². The molecule has 1 nitrogen and oxygen atoms in total. The maximum Gasteiger partial charge on any atom is 0.0968 e. The van der Waals surface area contributed by atoms with Crippen molar-refractivity contribution in [3.63, 3.8) is 0 Å². The van der Waals surface area contributed by atoms with Crippen LogP contribution in [-0.2, 0) is 0 Å². The fourth-order valence-electron chi connectivity index (χ4n) is 2.22. The molecule has 0 radical (unpaired) electrons. The second kappa shape index (κ2) is 5.21. The van der Waals surface area contributed by atoms with Gasteiger partial charge in [0.05, 0.1) is 5.60 Å². The second-order valence-electron chi connectivity index (χ2n) is 4.69. The van der Waals surface area contributed by atoms with Crippen LogP contribution in [0.1, 0.15) is 37.7 Å². The second-order valence-corrected chi connectivity index (χ2v) is 4.69. The molecule has 0 heterocycles. The first-order valence-corrected chi connectivity index (χ1v) is 6.19. The monoisotopic (exact) mass is 226 g/mol. The average molecular weight is 226 g/mol. The molecule has 0 spiro atoms. The summed E-state index contributed by atoms with van der Waals surface area (Å²) in [7, 11) is 0. The van der Waals surface area contributed by atoms with Crippen LogP contribution < -0.4 is 0 Å². The third-order valence-corrected chi connectivity index (χ3v) is 3.37. The molecule has 1 N–H and O–H groups in total. The summed E-state index contributed by atoms with van der Waals surface area (Å²) < 4.78 is 0. The Morgan fingerprint density at radius 2 is 1.76 bits per heavy atom. The van der Waals surface area contributed by atoms with Gasteiger partial charge >= 0.3 is 0 Å². The number of aliphatic hydroxyl groups is 1. The maximum atomic E-state index is 10.4. The highest BCUT2D eigenvalue weighted by atomic mass is 16.3. The summed E-state index contributed by atoms with van der Waals surface area (Å²) in [6, 6.07) is 9.81. The van der Waals surface area contributed by atoms with Gasteiger partial charge in [-0.25, -0.2) is 0 Å². The molecule has 1 aromatic carbocycles. The Bertz CT molecular complexity index is 441. The molecule has 1 aliphatic carbocycles. The Kier molecular flexibility index (Phi) is 3.66. The lowest BCUT2D eigenvalue weighted by atomic mass is 9.80. The van der Waals surface area contributed by atoms with E-state index in [9.17, 15) is 5.11 Å². The van der Waals surface area contributed by atoms with Crippen molar-refractivity contribution < 1.29 is 5.11 Å². The zero-order chi connectivity index (χ0) is 12.1. The van der Waals surface area contributed by atoms with E-state index in [-0.39, 0.29) is 0 Å². The van der Waals surface area contributed by atoms with E-state index in [1.807, 2.05) is 30.3 Å². The minimum atomic E-state index is -0.750. The SMILES string of the molecule is C=C(C#Cc1ccccc1)C1(O)CCCCC1. The normalized spacial score (nSPS) is 17.9. The highest BCUT2D eigenvalue weighted by molar-refractivity contribution is 5.42. The predicted octanol–water partition coefficient (Wildman–Crippen LogP) is 3.29. The molecule has 17 heavy (non-hydrogen) atoms. The summed E-state index contributed by atoms with van der Waals surface area (Å²) in [6.45, 7) is 3.94. The van der Waals surface area contributed by atoms with Crippen LogP contribution in [-0.4, -0.2) is 10.7 Å². The van der Waals surface area contributed by atoms with Crippen LogP contribution in [0.2, 0.25) is 0 Å². The van der Waals surface area contributed by atoms with E-state index in [0.29, 0.717) is 5.57 Å². The zero-order valence-corrected chi connectivity index (χ0v) is 10.1. The van der Waals surface area contributed by atoms with Gasteiger partial charge in [-0.05, 0) is 25.0 Å². The van der Waals surface area contributed by atoms with E-state index < -0.39 is 5.60 Å². The van der Waals surface area contributed by atoms with Crippen molar-refractivity contribution in [2.75, 3.05) is 0 Å². The van der Waals surface area contributed by atoms with Gasteiger partial charge in [0.1, 0.15) is 0 Å². The highest BCUT2D eigenvalue weighted by Crippen LogP contribution is 2.32. The molecule has 0 aromatic heterocycles. The number of benzene rings is 1. The molecule has 0 aliphatic heterocycles. The molecule has 88 valence electrons. The molecule has 1 aliphatic rings. The minimum Gasteiger partial charge on any atom is -0.385 e. The van der Waals surface area contributed by atoms with Crippen LogP contribution in [0.25, 0.3) is 0 Å². The molecular formula is C16H18O. The van der Waals surface area contributed by atoms with E-state index in [2.05, 4.69) is 18.4 Å². The molecule has 1 fully saturated rings. The van der Waals surface area contributed by atoms with E-state index in [4.69, 9.17) is 0 Å². The fraction of sp³-hybridized carbons (Fsp3) is 0.375. The molecule has 0 atom stereocenters. The van der Waals surface area contributed by atoms with Crippen molar-refractivity contribution in [1.82, 2.24) is 0 Å². The van der Waals surface area contributed by atoms with Gasteiger partial charge in [0.15, 0.2) is 0 Å². The van der Waals surface area contributed by atoms with Crippen LogP contribution in [0.4, 0.5) is 0 Å². The standard InChI is InChI=1S/C16H18O/c1-14(16(17)12-6-3-7-13-16)10-11-15-8-4-2-5-9-15/h2,4-5,8-9,17H,1,3,6-7,12-13H2. The molecule has 1 aromatic rings. The van der Waals surface area contributed by atoms with E-state index >= 15 is 0 Å². The third kappa shape index (κ3) is 2.99. The first-order valence-electron chi connectivity index (χ1n) is 6.19. The quantitative estimate of drug-likeness (QED) is 0.728. The van der Waals surface area contributed by atoms with Crippen LogP contribution in [0, 0.1) is 11.8 Å². The van der Waals surface area contributed by atoms with E-state index in [0.717, 1.165) is 31.2 Å². The number of rotatable bonds is 1. The van der Waals surface area contributed by atoms with Crippen molar-refractivity contribution in [2.24, 2.45) is 0 Å². The van der Waals surface area contributed by atoms with Crippen molar-refractivity contribution in [2.45, 2.75) is 37.7 Å². The van der Waals surface area contributed by atoms with Crippen molar-refractivity contribution in [1.29, 1.82) is 0 Å². The molecule has 2 rings (SSSR count). The maximum absolute atomic E-state index is 10.4. The van der Waals surface area contributed by atoms with Crippen LogP contribution in [0.15, 0.2) is 42.5 Å². The van der Waals surface area contributed by atoms with Gasteiger partial charge in [-0.3, -0.25) is 0 Å². The zero-order valence-electron chi connectivity index (χ0n) is 10.1.